The summed E-state index contributed by atoms with van der Waals surface area (Å²) in [6.45, 7) is 11.0. The predicted octanol–water partition coefficient (Wildman–Crippen LogP) is 2.01. The lowest BCUT2D eigenvalue weighted by Gasteiger charge is -2.45. The lowest BCUT2D eigenvalue weighted by atomic mass is 9.72. The first-order valence-corrected chi connectivity index (χ1v) is 4.24. The molecule has 0 aromatic carbocycles. The summed E-state index contributed by atoms with van der Waals surface area (Å²) in [6, 6.07) is 0. The summed E-state index contributed by atoms with van der Waals surface area (Å²) in [5, 5.41) is 1.80. The third kappa shape index (κ3) is 1.94. The van der Waals surface area contributed by atoms with Gasteiger partial charge in [0.15, 0.2) is 0 Å². The van der Waals surface area contributed by atoms with E-state index in [0.29, 0.717) is 0 Å². The Labute approximate surface area is 70.7 Å². The summed E-state index contributed by atoms with van der Waals surface area (Å²) < 4.78 is 0. The normalized spacial score (nSPS) is 14.2. The minimum absolute atomic E-state index is 0.0573. The van der Waals surface area contributed by atoms with Crippen LogP contribution in [0.2, 0.25) is 0 Å². The number of rotatable bonds is 3. The highest BCUT2D eigenvalue weighted by Crippen LogP contribution is 2.36. The molecule has 0 atom stereocenters. The first kappa shape index (κ1) is 10.9. The molecule has 68 valence electrons. The monoisotopic (exact) mass is 158 g/mol. The molecule has 2 nitrogen and oxygen atoms in total. The smallest absolute Gasteiger partial charge is 0.0343 e. The number of hydrogen-bond acceptors (Lipinski definition) is 2. The maximum Gasteiger partial charge on any atom is 0.0343 e. The van der Waals surface area contributed by atoms with Gasteiger partial charge in [0.25, 0.3) is 0 Å². The van der Waals surface area contributed by atoms with Crippen molar-refractivity contribution in [1.29, 1.82) is 0 Å². The number of nitrogens with two attached hydrogens (primary N) is 1. The molecular weight excluding hydrogens is 136 g/mol. The zero-order valence-electron chi connectivity index (χ0n) is 8.73. The Morgan fingerprint density at radius 1 is 1.18 bits per heavy atom. The van der Waals surface area contributed by atoms with Gasteiger partial charge in [0.2, 0.25) is 0 Å². The van der Waals surface area contributed by atoms with Gasteiger partial charge in [0.05, 0.1) is 0 Å². The second-order valence-electron chi connectivity index (χ2n) is 4.41. The molecule has 0 aromatic heterocycles. The van der Waals surface area contributed by atoms with Crippen molar-refractivity contribution < 1.29 is 0 Å². The van der Waals surface area contributed by atoms with Gasteiger partial charge in [-0.2, -0.15) is 0 Å². The molecule has 0 heterocycles. The molecule has 0 bridgehead atoms. The first-order valence-electron chi connectivity index (χ1n) is 4.24. The van der Waals surface area contributed by atoms with Crippen molar-refractivity contribution in [3.05, 3.63) is 0 Å². The van der Waals surface area contributed by atoms with Crippen LogP contribution < -0.4 is 5.84 Å². The van der Waals surface area contributed by atoms with Crippen LogP contribution in [-0.4, -0.2) is 17.6 Å². The van der Waals surface area contributed by atoms with Crippen LogP contribution in [0, 0.1) is 5.41 Å². The topological polar surface area (TPSA) is 29.3 Å². The molecule has 0 aliphatic rings. The highest BCUT2D eigenvalue weighted by atomic mass is 15.4. The molecule has 0 rings (SSSR count). The van der Waals surface area contributed by atoms with E-state index in [0.717, 1.165) is 6.42 Å². The van der Waals surface area contributed by atoms with Gasteiger partial charge in [0, 0.05) is 12.6 Å². The predicted molar refractivity (Wildman–Crippen MR) is 50.1 cm³/mol. The van der Waals surface area contributed by atoms with Gasteiger partial charge in [-0.05, 0) is 25.7 Å². The number of hydrazine groups is 1. The molecule has 0 aromatic rings. The quantitative estimate of drug-likeness (QED) is 0.503. The van der Waals surface area contributed by atoms with Crippen molar-refractivity contribution in [1.82, 2.24) is 5.01 Å². The molecule has 0 aliphatic carbocycles. The van der Waals surface area contributed by atoms with Gasteiger partial charge < -0.3 is 0 Å². The van der Waals surface area contributed by atoms with Crippen LogP contribution in [0.25, 0.3) is 0 Å². The second kappa shape index (κ2) is 3.11. The summed E-state index contributed by atoms with van der Waals surface area (Å²) in [5.41, 5.74) is 0.318. The summed E-state index contributed by atoms with van der Waals surface area (Å²) in [5.74, 6) is 5.77. The summed E-state index contributed by atoms with van der Waals surface area (Å²) in [7, 11) is 1.93. The number of nitrogens with zero attached hydrogens (tertiary/aromatic N) is 1. The molecule has 2 N–H and O–H groups in total. The Balaban J connectivity index is 4.53. The third-order valence-corrected chi connectivity index (χ3v) is 3.42. The fraction of sp³-hybridized carbons (Fsp3) is 1.00. The molecule has 0 fully saturated rings. The maximum absolute atomic E-state index is 5.77. The highest BCUT2D eigenvalue weighted by molar-refractivity contribution is 4.91. The van der Waals surface area contributed by atoms with E-state index in [9.17, 15) is 0 Å². The Hall–Kier alpha value is -0.0800. The molecule has 0 aliphatic heterocycles. The van der Waals surface area contributed by atoms with E-state index in [4.69, 9.17) is 5.84 Å². The fourth-order valence-electron chi connectivity index (χ4n) is 0.910. The van der Waals surface area contributed by atoms with Crippen molar-refractivity contribution >= 4 is 0 Å². The molecule has 0 spiro atoms. The lowest BCUT2D eigenvalue weighted by molar-refractivity contribution is 0.0278. The maximum atomic E-state index is 5.77. The standard InChI is InChI=1S/C9H22N2/c1-7-8(2,3)9(4,5)11(6)10/h7,10H2,1-6H3. The Morgan fingerprint density at radius 3 is 1.64 bits per heavy atom. The molecular formula is C9H22N2. The molecule has 2 heteroatoms. The zero-order chi connectivity index (χ0) is 9.28. The Kier molecular flexibility index (Phi) is 3.09. The van der Waals surface area contributed by atoms with E-state index in [2.05, 4.69) is 34.6 Å². The fourth-order valence-corrected chi connectivity index (χ4v) is 0.910. The van der Waals surface area contributed by atoms with E-state index < -0.39 is 0 Å². The average molecular weight is 158 g/mol. The largest absolute Gasteiger partial charge is 0.269 e. The van der Waals surface area contributed by atoms with Gasteiger partial charge in [-0.3, -0.25) is 5.84 Å². The first-order chi connectivity index (χ1) is 4.75. The van der Waals surface area contributed by atoms with Crippen LogP contribution in [0.3, 0.4) is 0 Å². The minimum atomic E-state index is 0.0573. The molecule has 11 heavy (non-hydrogen) atoms. The van der Waals surface area contributed by atoms with Crippen LogP contribution in [-0.2, 0) is 0 Å². The van der Waals surface area contributed by atoms with Crippen molar-refractivity contribution in [3.63, 3.8) is 0 Å². The van der Waals surface area contributed by atoms with Crippen molar-refractivity contribution in [3.8, 4) is 0 Å². The van der Waals surface area contributed by atoms with Crippen LogP contribution in [0.4, 0.5) is 0 Å². The van der Waals surface area contributed by atoms with E-state index in [1.54, 1.807) is 5.01 Å². The SMILES string of the molecule is CCC(C)(C)C(C)(C)N(C)N. The zero-order valence-corrected chi connectivity index (χ0v) is 8.73. The molecule has 0 amide bonds. The lowest BCUT2D eigenvalue weighted by Crippen LogP contribution is -2.55. The van der Waals surface area contributed by atoms with Gasteiger partial charge >= 0.3 is 0 Å². The van der Waals surface area contributed by atoms with E-state index in [1.165, 1.54) is 0 Å². The van der Waals surface area contributed by atoms with E-state index in [-0.39, 0.29) is 11.0 Å². The van der Waals surface area contributed by atoms with Crippen LogP contribution in [0.5, 0.6) is 0 Å². The van der Waals surface area contributed by atoms with Gasteiger partial charge in [-0.15, -0.1) is 0 Å². The summed E-state index contributed by atoms with van der Waals surface area (Å²) >= 11 is 0. The summed E-state index contributed by atoms with van der Waals surface area (Å²) in [4.78, 5) is 0. The van der Waals surface area contributed by atoms with Crippen LogP contribution >= 0.6 is 0 Å². The second-order valence-corrected chi connectivity index (χ2v) is 4.41. The van der Waals surface area contributed by atoms with Crippen molar-refractivity contribution in [2.45, 2.75) is 46.6 Å². The van der Waals surface area contributed by atoms with Gasteiger partial charge in [-0.25, -0.2) is 5.01 Å². The third-order valence-electron chi connectivity index (χ3n) is 3.42. The van der Waals surface area contributed by atoms with E-state index >= 15 is 0 Å². The van der Waals surface area contributed by atoms with Crippen molar-refractivity contribution in [2.75, 3.05) is 7.05 Å². The van der Waals surface area contributed by atoms with Crippen LogP contribution in [0.1, 0.15) is 41.0 Å². The Bertz CT molecular complexity index is 126. The molecule has 0 saturated heterocycles. The molecule has 0 saturated carbocycles. The van der Waals surface area contributed by atoms with Crippen molar-refractivity contribution in [2.24, 2.45) is 11.3 Å². The summed E-state index contributed by atoms with van der Waals surface area (Å²) in [6.07, 6.45) is 1.14. The van der Waals surface area contributed by atoms with E-state index in [1.807, 2.05) is 7.05 Å². The van der Waals surface area contributed by atoms with Gasteiger partial charge in [-0.1, -0.05) is 20.8 Å². The van der Waals surface area contributed by atoms with Crippen LogP contribution in [0.15, 0.2) is 0 Å². The molecule has 0 unspecified atom stereocenters. The minimum Gasteiger partial charge on any atom is -0.269 e. The molecule has 0 radical (unpaired) electrons. The Morgan fingerprint density at radius 2 is 1.55 bits per heavy atom. The van der Waals surface area contributed by atoms with Gasteiger partial charge in [0.1, 0.15) is 0 Å². The average Bonchev–Trinajstić information content (AvgIpc) is 1.87. The highest BCUT2D eigenvalue weighted by Gasteiger charge is 2.37. The number of hydrogen-bond donors (Lipinski definition) is 1.